The molecule has 0 aromatic heterocycles. The highest BCUT2D eigenvalue weighted by molar-refractivity contribution is 6.30. The Labute approximate surface area is 121 Å². The Morgan fingerprint density at radius 2 is 1.60 bits per heavy atom. The molecule has 0 aliphatic carbocycles. The van der Waals surface area contributed by atoms with E-state index in [2.05, 4.69) is 0 Å². The first-order chi connectivity index (χ1) is 9.58. The Hall–Kier alpha value is -2.33. The van der Waals surface area contributed by atoms with Crippen molar-refractivity contribution in [2.45, 2.75) is 6.10 Å². The van der Waals surface area contributed by atoms with Gasteiger partial charge in [-0.2, -0.15) is 0 Å². The molecular weight excluding hydrogens is 278 g/mol. The second-order valence-corrected chi connectivity index (χ2v) is 4.54. The van der Waals surface area contributed by atoms with Gasteiger partial charge in [0.25, 0.3) is 5.91 Å². The fourth-order valence-corrected chi connectivity index (χ4v) is 1.81. The number of carbonyl (C=O) groups excluding carboxylic acids is 2. The maximum absolute atomic E-state index is 12.0. The smallest absolute Gasteiger partial charge is 0.339 e. The normalized spacial score (nSPS) is 11.7. The van der Waals surface area contributed by atoms with Gasteiger partial charge in [-0.3, -0.25) is 4.79 Å². The van der Waals surface area contributed by atoms with E-state index >= 15 is 0 Å². The number of nitrogens with two attached hydrogens (primary N) is 1. The molecule has 0 fully saturated rings. The van der Waals surface area contributed by atoms with Crippen molar-refractivity contribution in [1.29, 1.82) is 0 Å². The van der Waals surface area contributed by atoms with Crippen LogP contribution in [0.1, 0.15) is 22.0 Å². The lowest BCUT2D eigenvalue weighted by Crippen LogP contribution is -2.26. The van der Waals surface area contributed by atoms with Crippen molar-refractivity contribution in [2.24, 2.45) is 5.73 Å². The molecule has 0 saturated carbocycles. The largest absolute Gasteiger partial charge is 0.444 e. The molecule has 0 saturated heterocycles. The van der Waals surface area contributed by atoms with Gasteiger partial charge < -0.3 is 10.5 Å². The van der Waals surface area contributed by atoms with Crippen molar-refractivity contribution in [3.63, 3.8) is 0 Å². The molecule has 1 atom stereocenters. The van der Waals surface area contributed by atoms with Crippen molar-refractivity contribution in [3.8, 4) is 0 Å². The average Bonchev–Trinajstić information content (AvgIpc) is 2.46. The molecule has 4 nitrogen and oxygen atoms in total. The molecule has 1 amide bonds. The zero-order valence-electron chi connectivity index (χ0n) is 10.5. The summed E-state index contributed by atoms with van der Waals surface area (Å²) in [6, 6.07) is 14.8. The van der Waals surface area contributed by atoms with E-state index in [1.807, 2.05) is 0 Å². The van der Waals surface area contributed by atoms with Gasteiger partial charge in [0.1, 0.15) is 0 Å². The number of ether oxygens (including phenoxy) is 1. The Morgan fingerprint density at radius 3 is 2.15 bits per heavy atom. The number of benzene rings is 2. The second kappa shape index (κ2) is 6.21. The number of carbonyl (C=O) groups is 2. The molecule has 102 valence electrons. The maximum atomic E-state index is 12.0. The van der Waals surface area contributed by atoms with Crippen LogP contribution in [0.5, 0.6) is 0 Å². The zero-order chi connectivity index (χ0) is 14.5. The third-order valence-electron chi connectivity index (χ3n) is 2.67. The van der Waals surface area contributed by atoms with Gasteiger partial charge in [-0.15, -0.1) is 0 Å². The van der Waals surface area contributed by atoms with Crippen LogP contribution in [-0.2, 0) is 9.53 Å². The first-order valence-electron chi connectivity index (χ1n) is 5.89. The van der Waals surface area contributed by atoms with E-state index < -0.39 is 18.0 Å². The molecule has 5 heteroatoms. The monoisotopic (exact) mass is 289 g/mol. The van der Waals surface area contributed by atoms with Gasteiger partial charge in [-0.1, -0.05) is 41.9 Å². The van der Waals surface area contributed by atoms with Gasteiger partial charge in [0.15, 0.2) is 0 Å². The summed E-state index contributed by atoms with van der Waals surface area (Å²) in [7, 11) is 0. The summed E-state index contributed by atoms with van der Waals surface area (Å²) in [5, 5.41) is 0.510. The van der Waals surface area contributed by atoms with Crippen LogP contribution >= 0.6 is 11.6 Å². The number of primary amides is 1. The first-order valence-corrected chi connectivity index (χ1v) is 6.26. The summed E-state index contributed by atoms with van der Waals surface area (Å²) in [4.78, 5) is 23.4. The van der Waals surface area contributed by atoms with Crippen LogP contribution in [0, 0.1) is 0 Å². The minimum Gasteiger partial charge on any atom is -0.444 e. The molecular formula is C15H12ClNO3. The van der Waals surface area contributed by atoms with E-state index in [4.69, 9.17) is 22.1 Å². The molecule has 2 aromatic rings. The third-order valence-corrected chi connectivity index (χ3v) is 2.92. The molecule has 20 heavy (non-hydrogen) atoms. The molecule has 0 radical (unpaired) electrons. The average molecular weight is 290 g/mol. The van der Waals surface area contributed by atoms with E-state index in [0.717, 1.165) is 0 Å². The molecule has 0 spiro atoms. The van der Waals surface area contributed by atoms with E-state index in [1.54, 1.807) is 42.5 Å². The molecule has 0 aliphatic heterocycles. The van der Waals surface area contributed by atoms with Gasteiger partial charge in [0.2, 0.25) is 6.10 Å². The molecule has 0 bridgehead atoms. The van der Waals surface area contributed by atoms with Crippen LogP contribution in [-0.4, -0.2) is 11.9 Å². The van der Waals surface area contributed by atoms with Crippen LogP contribution in [0.15, 0.2) is 54.6 Å². The van der Waals surface area contributed by atoms with Gasteiger partial charge >= 0.3 is 5.97 Å². The van der Waals surface area contributed by atoms with Crippen molar-refractivity contribution in [1.82, 2.24) is 0 Å². The highest BCUT2D eigenvalue weighted by Gasteiger charge is 2.23. The second-order valence-electron chi connectivity index (χ2n) is 4.11. The summed E-state index contributed by atoms with van der Waals surface area (Å²) in [6.45, 7) is 0. The van der Waals surface area contributed by atoms with Gasteiger partial charge in [0, 0.05) is 10.6 Å². The summed E-state index contributed by atoms with van der Waals surface area (Å²) in [5.74, 6) is -1.35. The summed E-state index contributed by atoms with van der Waals surface area (Å²) in [6.07, 6.45) is -1.11. The summed E-state index contributed by atoms with van der Waals surface area (Å²) in [5.41, 5.74) is 6.11. The Morgan fingerprint density at radius 1 is 1.00 bits per heavy atom. The summed E-state index contributed by atoms with van der Waals surface area (Å²) >= 11 is 5.74. The quantitative estimate of drug-likeness (QED) is 0.880. The molecule has 0 heterocycles. The predicted octanol–water partition coefficient (Wildman–Crippen LogP) is 2.72. The molecule has 0 aliphatic rings. The van der Waals surface area contributed by atoms with E-state index in [-0.39, 0.29) is 0 Å². The lowest BCUT2D eigenvalue weighted by atomic mass is 10.1. The van der Waals surface area contributed by atoms with Gasteiger partial charge in [-0.25, -0.2) is 4.79 Å². The van der Waals surface area contributed by atoms with Crippen molar-refractivity contribution in [2.75, 3.05) is 0 Å². The first kappa shape index (κ1) is 14.1. The van der Waals surface area contributed by atoms with Crippen LogP contribution < -0.4 is 5.73 Å². The number of rotatable bonds is 4. The maximum Gasteiger partial charge on any atom is 0.339 e. The number of hydrogen-bond donors (Lipinski definition) is 1. The lowest BCUT2D eigenvalue weighted by molar-refractivity contribution is -0.127. The fourth-order valence-electron chi connectivity index (χ4n) is 1.68. The predicted molar refractivity (Wildman–Crippen MR) is 75.2 cm³/mol. The van der Waals surface area contributed by atoms with Crippen LogP contribution in [0.25, 0.3) is 0 Å². The topological polar surface area (TPSA) is 69.4 Å². The van der Waals surface area contributed by atoms with Crippen molar-refractivity contribution >= 4 is 23.5 Å². The summed E-state index contributed by atoms with van der Waals surface area (Å²) < 4.78 is 5.17. The number of halogens is 1. The Kier molecular flexibility index (Phi) is 4.38. The van der Waals surface area contributed by atoms with E-state index in [1.165, 1.54) is 12.1 Å². The number of amides is 1. The third kappa shape index (κ3) is 3.36. The van der Waals surface area contributed by atoms with Crippen molar-refractivity contribution in [3.05, 3.63) is 70.7 Å². The zero-order valence-corrected chi connectivity index (χ0v) is 11.2. The highest BCUT2D eigenvalue weighted by Crippen LogP contribution is 2.19. The van der Waals surface area contributed by atoms with E-state index in [9.17, 15) is 9.59 Å². The number of hydrogen-bond acceptors (Lipinski definition) is 3. The molecule has 2 N–H and O–H groups in total. The van der Waals surface area contributed by atoms with Crippen LogP contribution in [0.4, 0.5) is 0 Å². The SMILES string of the molecule is NC(=O)C(OC(=O)c1ccc(Cl)cc1)c1ccccc1. The van der Waals surface area contributed by atoms with Gasteiger partial charge in [-0.05, 0) is 24.3 Å². The molecule has 1 unspecified atom stereocenters. The highest BCUT2D eigenvalue weighted by atomic mass is 35.5. The van der Waals surface area contributed by atoms with Crippen LogP contribution in [0.3, 0.4) is 0 Å². The Balaban J connectivity index is 2.19. The van der Waals surface area contributed by atoms with E-state index in [0.29, 0.717) is 16.1 Å². The van der Waals surface area contributed by atoms with Crippen molar-refractivity contribution < 1.29 is 14.3 Å². The lowest BCUT2D eigenvalue weighted by Gasteiger charge is -2.15. The molecule has 2 aromatic carbocycles. The number of esters is 1. The minimum absolute atomic E-state index is 0.302. The minimum atomic E-state index is -1.11. The standard InChI is InChI=1S/C15H12ClNO3/c16-12-8-6-11(7-9-12)15(19)20-13(14(17)18)10-4-2-1-3-5-10/h1-9,13H,(H2,17,18). The fraction of sp³-hybridized carbons (Fsp3) is 0.0667. The van der Waals surface area contributed by atoms with Gasteiger partial charge in [0.05, 0.1) is 5.56 Å². The Bertz CT molecular complexity index is 611. The molecule has 2 rings (SSSR count). The van der Waals surface area contributed by atoms with Crippen LogP contribution in [0.2, 0.25) is 5.02 Å².